The maximum atomic E-state index is 13.7. The standard InChI is InChI=1S/C18H23FN2O/c1-13-7-8-20-16(9-13)10-14(2)21(3)12-15-5-6-18(22-4)17(19)11-15/h5-9,11,14H,10,12H2,1-4H3. The summed E-state index contributed by atoms with van der Waals surface area (Å²) >= 11 is 0. The van der Waals surface area contributed by atoms with Gasteiger partial charge in [-0.2, -0.15) is 0 Å². The van der Waals surface area contributed by atoms with E-state index in [9.17, 15) is 4.39 Å². The van der Waals surface area contributed by atoms with Gasteiger partial charge in [0.15, 0.2) is 11.6 Å². The smallest absolute Gasteiger partial charge is 0.165 e. The summed E-state index contributed by atoms with van der Waals surface area (Å²) in [5.41, 5.74) is 3.24. The topological polar surface area (TPSA) is 25.4 Å². The second-order valence-corrected chi connectivity index (χ2v) is 5.76. The molecule has 0 spiro atoms. The van der Waals surface area contributed by atoms with E-state index in [0.29, 0.717) is 12.6 Å². The minimum absolute atomic E-state index is 0.281. The number of rotatable bonds is 6. The van der Waals surface area contributed by atoms with Crippen molar-refractivity contribution in [3.05, 3.63) is 59.2 Å². The summed E-state index contributed by atoms with van der Waals surface area (Å²) in [4.78, 5) is 6.60. The fourth-order valence-electron chi connectivity index (χ4n) is 2.42. The van der Waals surface area contributed by atoms with E-state index in [1.807, 2.05) is 25.4 Å². The molecular formula is C18H23FN2O. The molecule has 1 aromatic carbocycles. The Balaban J connectivity index is 1.99. The Labute approximate surface area is 131 Å². The minimum atomic E-state index is -0.318. The van der Waals surface area contributed by atoms with Crippen molar-refractivity contribution >= 4 is 0 Å². The van der Waals surface area contributed by atoms with E-state index in [-0.39, 0.29) is 11.6 Å². The summed E-state index contributed by atoms with van der Waals surface area (Å²) in [5, 5.41) is 0. The minimum Gasteiger partial charge on any atom is -0.494 e. The molecule has 0 saturated heterocycles. The zero-order valence-electron chi connectivity index (χ0n) is 13.6. The highest BCUT2D eigenvalue weighted by atomic mass is 19.1. The van der Waals surface area contributed by atoms with Crippen molar-refractivity contribution in [3.8, 4) is 5.75 Å². The highest BCUT2D eigenvalue weighted by Crippen LogP contribution is 2.19. The molecule has 0 saturated carbocycles. The Morgan fingerprint density at radius 1 is 1.27 bits per heavy atom. The molecule has 4 heteroatoms. The lowest BCUT2D eigenvalue weighted by atomic mass is 10.1. The third kappa shape index (κ3) is 4.28. The number of halogens is 1. The van der Waals surface area contributed by atoms with Gasteiger partial charge in [0.2, 0.25) is 0 Å². The van der Waals surface area contributed by atoms with E-state index in [2.05, 4.69) is 29.8 Å². The Morgan fingerprint density at radius 3 is 2.68 bits per heavy atom. The number of methoxy groups -OCH3 is 1. The van der Waals surface area contributed by atoms with E-state index in [1.165, 1.54) is 18.7 Å². The summed E-state index contributed by atoms with van der Waals surface area (Å²) in [5.74, 6) is -0.0372. The third-order valence-corrected chi connectivity index (χ3v) is 3.88. The SMILES string of the molecule is COc1ccc(CN(C)C(C)Cc2cc(C)ccn2)cc1F. The molecule has 0 amide bonds. The monoisotopic (exact) mass is 302 g/mol. The van der Waals surface area contributed by atoms with Gasteiger partial charge in [0.1, 0.15) is 0 Å². The first-order valence-electron chi connectivity index (χ1n) is 7.43. The number of nitrogens with zero attached hydrogens (tertiary/aromatic N) is 2. The van der Waals surface area contributed by atoms with Crippen molar-refractivity contribution in [3.63, 3.8) is 0 Å². The average Bonchev–Trinajstić information content (AvgIpc) is 2.47. The zero-order chi connectivity index (χ0) is 16.1. The first kappa shape index (κ1) is 16.4. The van der Waals surface area contributed by atoms with E-state index < -0.39 is 0 Å². The number of ether oxygens (including phenoxy) is 1. The van der Waals surface area contributed by atoms with E-state index in [0.717, 1.165) is 17.7 Å². The Morgan fingerprint density at radius 2 is 2.05 bits per heavy atom. The van der Waals surface area contributed by atoms with Crippen LogP contribution >= 0.6 is 0 Å². The maximum absolute atomic E-state index is 13.7. The molecule has 0 aliphatic heterocycles. The third-order valence-electron chi connectivity index (χ3n) is 3.88. The first-order chi connectivity index (χ1) is 10.5. The van der Waals surface area contributed by atoms with Crippen LogP contribution in [0.2, 0.25) is 0 Å². The van der Waals surface area contributed by atoms with Gasteiger partial charge in [-0.05, 0) is 56.3 Å². The van der Waals surface area contributed by atoms with E-state index in [4.69, 9.17) is 4.74 Å². The van der Waals surface area contributed by atoms with Crippen LogP contribution in [0, 0.1) is 12.7 Å². The average molecular weight is 302 g/mol. The first-order valence-corrected chi connectivity index (χ1v) is 7.43. The molecule has 0 radical (unpaired) electrons. The van der Waals surface area contributed by atoms with E-state index >= 15 is 0 Å². The van der Waals surface area contributed by atoms with Crippen molar-refractivity contribution in [2.45, 2.75) is 32.9 Å². The van der Waals surface area contributed by atoms with Gasteiger partial charge in [0.25, 0.3) is 0 Å². The van der Waals surface area contributed by atoms with Gasteiger partial charge in [0.05, 0.1) is 7.11 Å². The van der Waals surface area contributed by atoms with Crippen molar-refractivity contribution in [2.24, 2.45) is 0 Å². The predicted molar refractivity (Wildman–Crippen MR) is 86.6 cm³/mol. The molecule has 1 aromatic heterocycles. The van der Waals surface area contributed by atoms with Gasteiger partial charge < -0.3 is 4.74 Å². The van der Waals surface area contributed by atoms with Crippen LogP contribution in [0.3, 0.4) is 0 Å². The molecule has 22 heavy (non-hydrogen) atoms. The molecule has 2 rings (SSSR count). The number of aromatic nitrogens is 1. The fraction of sp³-hybridized carbons (Fsp3) is 0.389. The molecule has 0 bridgehead atoms. The molecular weight excluding hydrogens is 279 g/mol. The number of hydrogen-bond acceptors (Lipinski definition) is 3. The summed E-state index contributed by atoms with van der Waals surface area (Å²) < 4.78 is 18.7. The maximum Gasteiger partial charge on any atom is 0.165 e. The fourth-order valence-corrected chi connectivity index (χ4v) is 2.42. The number of hydrogen-bond donors (Lipinski definition) is 0. The van der Waals surface area contributed by atoms with Crippen LogP contribution in [0.5, 0.6) is 5.75 Å². The van der Waals surface area contributed by atoms with Crippen LogP contribution in [0.4, 0.5) is 4.39 Å². The molecule has 0 fully saturated rings. The lowest BCUT2D eigenvalue weighted by molar-refractivity contribution is 0.246. The molecule has 1 atom stereocenters. The molecule has 118 valence electrons. The predicted octanol–water partition coefficient (Wildman–Crippen LogP) is 3.60. The van der Waals surface area contributed by atoms with Crippen molar-refractivity contribution in [2.75, 3.05) is 14.2 Å². The van der Waals surface area contributed by atoms with Crippen LogP contribution in [0.25, 0.3) is 0 Å². The molecule has 0 aliphatic carbocycles. The van der Waals surface area contributed by atoms with Crippen molar-refractivity contribution in [1.29, 1.82) is 0 Å². The summed E-state index contributed by atoms with van der Waals surface area (Å²) in [7, 11) is 3.52. The summed E-state index contributed by atoms with van der Waals surface area (Å²) in [6.45, 7) is 4.91. The Hall–Kier alpha value is -1.94. The summed E-state index contributed by atoms with van der Waals surface area (Å²) in [6.07, 6.45) is 2.72. The molecule has 3 nitrogen and oxygen atoms in total. The van der Waals surface area contributed by atoms with Crippen LogP contribution in [-0.2, 0) is 13.0 Å². The van der Waals surface area contributed by atoms with Crippen LogP contribution < -0.4 is 4.74 Å². The van der Waals surface area contributed by atoms with Crippen molar-refractivity contribution < 1.29 is 9.13 Å². The second-order valence-electron chi connectivity index (χ2n) is 5.76. The number of benzene rings is 1. The highest BCUT2D eigenvalue weighted by molar-refractivity contribution is 5.29. The quantitative estimate of drug-likeness (QED) is 0.815. The lowest BCUT2D eigenvalue weighted by Crippen LogP contribution is -2.30. The number of pyridine rings is 1. The highest BCUT2D eigenvalue weighted by Gasteiger charge is 2.12. The lowest BCUT2D eigenvalue weighted by Gasteiger charge is -2.24. The van der Waals surface area contributed by atoms with Gasteiger partial charge in [-0.3, -0.25) is 9.88 Å². The zero-order valence-corrected chi connectivity index (χ0v) is 13.6. The van der Waals surface area contributed by atoms with Gasteiger partial charge in [-0.1, -0.05) is 6.07 Å². The van der Waals surface area contributed by atoms with Crippen LogP contribution in [-0.4, -0.2) is 30.1 Å². The number of likely N-dealkylation sites (N-methyl/N-ethyl adjacent to an activating group) is 1. The molecule has 0 N–H and O–H groups in total. The van der Waals surface area contributed by atoms with Crippen LogP contribution in [0.1, 0.15) is 23.7 Å². The van der Waals surface area contributed by atoms with Gasteiger partial charge >= 0.3 is 0 Å². The number of aryl methyl sites for hydroxylation is 1. The largest absolute Gasteiger partial charge is 0.494 e. The van der Waals surface area contributed by atoms with Gasteiger partial charge in [-0.15, -0.1) is 0 Å². The molecule has 1 unspecified atom stereocenters. The second kappa shape index (κ2) is 7.36. The molecule has 1 heterocycles. The van der Waals surface area contributed by atoms with E-state index in [1.54, 1.807) is 6.07 Å². The Bertz CT molecular complexity index is 630. The van der Waals surface area contributed by atoms with Crippen molar-refractivity contribution in [1.82, 2.24) is 9.88 Å². The van der Waals surface area contributed by atoms with Crippen LogP contribution in [0.15, 0.2) is 36.5 Å². The molecule has 0 aliphatic rings. The Kier molecular flexibility index (Phi) is 5.50. The molecule has 2 aromatic rings. The van der Waals surface area contributed by atoms with Gasteiger partial charge in [-0.25, -0.2) is 4.39 Å². The summed E-state index contributed by atoms with van der Waals surface area (Å²) in [6, 6.07) is 9.53. The van der Waals surface area contributed by atoms with Gasteiger partial charge in [0, 0.05) is 30.9 Å². The normalized spacial score (nSPS) is 12.5.